The highest BCUT2D eigenvalue weighted by Crippen LogP contribution is 2.37. The van der Waals surface area contributed by atoms with Gasteiger partial charge in [0.05, 0.1) is 19.8 Å². The molecule has 2 heterocycles. The van der Waals surface area contributed by atoms with Gasteiger partial charge in [0.2, 0.25) is 0 Å². The summed E-state index contributed by atoms with van der Waals surface area (Å²) in [4.78, 5) is 0. The number of ether oxygens (including phenoxy) is 4. The van der Waals surface area contributed by atoms with Crippen LogP contribution in [0.15, 0.2) is 24.3 Å². The standard InChI is InChI=1S/C16H22O8/c1-16(21-8-10-4-2-9(6-17)3-5-10)23-14-13(20)12(19)11(7-18)22-15(14)24-16/h2-5,11-15,17-20H,6-8H2,1H3/t11-,12-,13+,14+,15+,16?/m1/s1. The Bertz CT molecular complexity index is 550. The second-order valence-electron chi connectivity index (χ2n) is 6.03. The second-order valence-corrected chi connectivity index (χ2v) is 6.03. The Balaban J connectivity index is 1.62. The van der Waals surface area contributed by atoms with Gasteiger partial charge in [-0.05, 0) is 11.1 Å². The molecular formula is C16H22O8. The van der Waals surface area contributed by atoms with Gasteiger partial charge < -0.3 is 34.6 Å². The van der Waals surface area contributed by atoms with Crippen molar-refractivity contribution in [3.05, 3.63) is 35.4 Å². The van der Waals surface area contributed by atoms with Crippen molar-refractivity contribution in [2.75, 3.05) is 6.61 Å². The van der Waals surface area contributed by atoms with Gasteiger partial charge in [0.1, 0.15) is 24.4 Å². The first-order valence-corrected chi connectivity index (χ1v) is 7.76. The van der Waals surface area contributed by atoms with E-state index in [0.29, 0.717) is 0 Å². The molecule has 2 saturated heterocycles. The molecule has 3 rings (SSSR count). The first kappa shape index (κ1) is 17.7. The molecule has 24 heavy (non-hydrogen) atoms. The summed E-state index contributed by atoms with van der Waals surface area (Å²) in [6.45, 7) is 1.26. The quantitative estimate of drug-likeness (QED) is 0.551. The second kappa shape index (κ2) is 7.03. The summed E-state index contributed by atoms with van der Waals surface area (Å²) in [7, 11) is 0. The van der Waals surface area contributed by atoms with Crippen LogP contribution in [0.25, 0.3) is 0 Å². The van der Waals surface area contributed by atoms with Crippen LogP contribution >= 0.6 is 0 Å². The lowest BCUT2D eigenvalue weighted by atomic mass is 9.99. The third-order valence-corrected chi connectivity index (χ3v) is 4.21. The summed E-state index contributed by atoms with van der Waals surface area (Å²) in [6, 6.07) is 7.19. The van der Waals surface area contributed by atoms with E-state index in [-0.39, 0.29) is 13.2 Å². The molecule has 2 aliphatic heterocycles. The van der Waals surface area contributed by atoms with Crippen LogP contribution in [0.2, 0.25) is 0 Å². The Hall–Kier alpha value is -1.10. The fraction of sp³-hybridized carbons (Fsp3) is 0.625. The maximum Gasteiger partial charge on any atom is 0.283 e. The Morgan fingerprint density at radius 1 is 1.04 bits per heavy atom. The summed E-state index contributed by atoms with van der Waals surface area (Å²) in [5, 5.41) is 38.2. The smallest absolute Gasteiger partial charge is 0.283 e. The van der Waals surface area contributed by atoms with Gasteiger partial charge in [-0.1, -0.05) is 24.3 Å². The number of aliphatic hydroxyl groups excluding tert-OH is 4. The average molecular weight is 342 g/mol. The lowest BCUT2D eigenvalue weighted by Crippen LogP contribution is -2.57. The van der Waals surface area contributed by atoms with Crippen LogP contribution in [0.1, 0.15) is 18.1 Å². The van der Waals surface area contributed by atoms with E-state index in [4.69, 9.17) is 24.1 Å². The Kier molecular flexibility index (Phi) is 5.19. The molecule has 0 aliphatic carbocycles. The minimum Gasteiger partial charge on any atom is -0.394 e. The van der Waals surface area contributed by atoms with Gasteiger partial charge in [-0.15, -0.1) is 0 Å². The number of aliphatic hydroxyl groups is 4. The van der Waals surface area contributed by atoms with Gasteiger partial charge in [-0.3, -0.25) is 4.74 Å². The van der Waals surface area contributed by atoms with Crippen molar-refractivity contribution in [2.24, 2.45) is 0 Å². The highest BCUT2D eigenvalue weighted by molar-refractivity contribution is 5.21. The average Bonchev–Trinajstić information content (AvgIpc) is 2.94. The van der Waals surface area contributed by atoms with Crippen molar-refractivity contribution in [2.45, 2.75) is 56.8 Å². The molecule has 0 saturated carbocycles. The topological polar surface area (TPSA) is 118 Å². The Morgan fingerprint density at radius 2 is 1.71 bits per heavy atom. The monoisotopic (exact) mass is 342 g/mol. The van der Waals surface area contributed by atoms with Gasteiger partial charge in [-0.25, -0.2) is 0 Å². The molecule has 8 heteroatoms. The summed E-state index contributed by atoms with van der Waals surface area (Å²) in [5.41, 5.74) is 1.65. The number of hydrogen-bond donors (Lipinski definition) is 4. The molecule has 0 spiro atoms. The molecule has 2 aliphatic rings. The summed E-state index contributed by atoms with van der Waals surface area (Å²) in [5.74, 6) is -1.45. The van der Waals surface area contributed by atoms with Crippen molar-refractivity contribution in [1.29, 1.82) is 0 Å². The summed E-state index contributed by atoms with van der Waals surface area (Å²) >= 11 is 0. The van der Waals surface area contributed by atoms with Crippen LogP contribution in [0, 0.1) is 0 Å². The Morgan fingerprint density at radius 3 is 2.33 bits per heavy atom. The van der Waals surface area contributed by atoms with E-state index in [1.165, 1.54) is 0 Å². The predicted octanol–water partition coefficient (Wildman–Crippen LogP) is -0.776. The minimum absolute atomic E-state index is 0.0297. The fourth-order valence-corrected chi connectivity index (χ4v) is 2.79. The molecule has 0 radical (unpaired) electrons. The summed E-state index contributed by atoms with van der Waals surface area (Å²) in [6.07, 6.45) is -5.33. The zero-order chi connectivity index (χ0) is 17.3. The zero-order valence-electron chi connectivity index (χ0n) is 13.2. The third-order valence-electron chi connectivity index (χ3n) is 4.21. The molecule has 6 atom stereocenters. The van der Waals surface area contributed by atoms with E-state index >= 15 is 0 Å². The molecule has 0 bridgehead atoms. The molecule has 0 aromatic heterocycles. The van der Waals surface area contributed by atoms with Gasteiger partial charge in [-0.2, -0.15) is 0 Å². The molecule has 134 valence electrons. The maximum absolute atomic E-state index is 10.1. The lowest BCUT2D eigenvalue weighted by Gasteiger charge is -2.36. The molecular weight excluding hydrogens is 320 g/mol. The molecule has 1 aromatic rings. The van der Waals surface area contributed by atoms with Crippen LogP contribution < -0.4 is 0 Å². The van der Waals surface area contributed by atoms with Crippen molar-refractivity contribution in [3.63, 3.8) is 0 Å². The molecule has 2 fully saturated rings. The van der Waals surface area contributed by atoms with Crippen molar-refractivity contribution in [3.8, 4) is 0 Å². The van der Waals surface area contributed by atoms with Gasteiger partial charge in [0, 0.05) is 6.92 Å². The maximum atomic E-state index is 10.1. The highest BCUT2D eigenvalue weighted by atomic mass is 16.9. The number of hydrogen-bond acceptors (Lipinski definition) is 8. The fourth-order valence-electron chi connectivity index (χ4n) is 2.79. The van der Waals surface area contributed by atoms with E-state index in [1.807, 2.05) is 12.1 Å². The van der Waals surface area contributed by atoms with Gasteiger partial charge >= 0.3 is 0 Å². The number of benzene rings is 1. The van der Waals surface area contributed by atoms with E-state index in [0.717, 1.165) is 11.1 Å². The van der Waals surface area contributed by atoms with E-state index in [9.17, 15) is 15.3 Å². The molecule has 4 N–H and O–H groups in total. The SMILES string of the molecule is CC1(OCc2ccc(CO)cc2)O[C@@H]2O[C@H](CO)[C@@H](O)[C@H](O)[C@@H]2O1. The van der Waals surface area contributed by atoms with Crippen LogP contribution in [0.4, 0.5) is 0 Å². The normalized spacial score (nSPS) is 39.0. The number of rotatable bonds is 5. The molecule has 1 unspecified atom stereocenters. The van der Waals surface area contributed by atoms with Gasteiger partial charge in [0.15, 0.2) is 6.29 Å². The van der Waals surface area contributed by atoms with Crippen molar-refractivity contribution in [1.82, 2.24) is 0 Å². The molecule has 8 nitrogen and oxygen atoms in total. The predicted molar refractivity (Wildman–Crippen MR) is 79.3 cm³/mol. The summed E-state index contributed by atoms with van der Waals surface area (Å²) < 4.78 is 22.2. The lowest BCUT2D eigenvalue weighted by molar-refractivity contribution is -0.348. The largest absolute Gasteiger partial charge is 0.394 e. The Labute approximate surface area is 139 Å². The number of fused-ring (bicyclic) bond motifs is 1. The van der Waals surface area contributed by atoms with E-state index in [1.54, 1.807) is 19.1 Å². The minimum atomic E-state index is -1.45. The molecule has 1 aromatic carbocycles. The van der Waals surface area contributed by atoms with Crippen molar-refractivity contribution >= 4 is 0 Å². The van der Waals surface area contributed by atoms with Crippen LogP contribution in [-0.4, -0.2) is 63.7 Å². The first-order valence-electron chi connectivity index (χ1n) is 7.76. The molecule has 0 amide bonds. The van der Waals surface area contributed by atoms with Crippen molar-refractivity contribution < 1.29 is 39.4 Å². The van der Waals surface area contributed by atoms with E-state index < -0.39 is 43.3 Å². The first-order chi connectivity index (χ1) is 11.5. The van der Waals surface area contributed by atoms with E-state index in [2.05, 4.69) is 0 Å². The van der Waals surface area contributed by atoms with Crippen LogP contribution in [0.5, 0.6) is 0 Å². The van der Waals surface area contributed by atoms with Crippen LogP contribution in [0.3, 0.4) is 0 Å². The third kappa shape index (κ3) is 3.46. The van der Waals surface area contributed by atoms with Crippen LogP contribution in [-0.2, 0) is 32.2 Å². The highest BCUT2D eigenvalue weighted by Gasteiger charge is 2.55. The van der Waals surface area contributed by atoms with Gasteiger partial charge in [0.25, 0.3) is 5.97 Å². The zero-order valence-corrected chi connectivity index (χ0v) is 13.2.